The zero-order valence-electron chi connectivity index (χ0n) is 23.8. The third kappa shape index (κ3) is 3.96. The molecule has 0 unspecified atom stereocenters. The molecule has 5 fully saturated rings. The summed E-state index contributed by atoms with van der Waals surface area (Å²) >= 11 is 0. The van der Waals surface area contributed by atoms with Gasteiger partial charge < -0.3 is 14.2 Å². The number of hydrogen-bond acceptors (Lipinski definition) is 5. The van der Waals surface area contributed by atoms with Crippen LogP contribution in [-0.4, -0.2) is 35.9 Å². The Balaban J connectivity index is 1.39. The van der Waals surface area contributed by atoms with Crippen molar-refractivity contribution >= 4 is 11.9 Å². The van der Waals surface area contributed by atoms with Crippen LogP contribution in [0.2, 0.25) is 0 Å². The maximum absolute atomic E-state index is 12.3. The third-order valence-electron chi connectivity index (χ3n) is 11.9. The lowest BCUT2D eigenvalue weighted by Gasteiger charge is -2.61. The van der Waals surface area contributed by atoms with Gasteiger partial charge in [-0.1, -0.05) is 53.9 Å². The van der Waals surface area contributed by atoms with E-state index in [9.17, 15) is 9.59 Å². The molecule has 4 saturated carbocycles. The van der Waals surface area contributed by atoms with E-state index in [1.165, 1.54) is 58.8 Å². The lowest BCUT2D eigenvalue weighted by molar-refractivity contribution is -0.190. The zero-order valence-corrected chi connectivity index (χ0v) is 23.8. The van der Waals surface area contributed by atoms with Crippen LogP contribution in [0.15, 0.2) is 0 Å². The van der Waals surface area contributed by atoms with Crippen LogP contribution in [0, 0.1) is 46.3 Å². The Labute approximate surface area is 218 Å². The maximum atomic E-state index is 12.3. The smallest absolute Gasteiger partial charge is 0.303 e. The summed E-state index contributed by atoms with van der Waals surface area (Å²) in [4.78, 5) is 24.1. The minimum Gasteiger partial charge on any atom is -0.460 e. The van der Waals surface area contributed by atoms with E-state index in [2.05, 4.69) is 34.6 Å². The number of esters is 2. The quantitative estimate of drug-likeness (QED) is 0.286. The van der Waals surface area contributed by atoms with E-state index in [1.807, 2.05) is 0 Å². The van der Waals surface area contributed by atoms with E-state index < -0.39 is 5.60 Å². The Bertz CT molecular complexity index is 869. The monoisotopic (exact) mass is 502 g/mol. The summed E-state index contributed by atoms with van der Waals surface area (Å²) in [5.74, 6) is 3.76. The molecule has 11 atom stereocenters. The number of carbonyl (C=O) groups excluding carboxylic acids is 2. The molecule has 1 heterocycles. The van der Waals surface area contributed by atoms with E-state index >= 15 is 0 Å². The average Bonchev–Trinajstić information content (AvgIpc) is 3.45. The fraction of sp³-hybridized carbons (Fsp3) is 0.935. The van der Waals surface area contributed by atoms with Crippen molar-refractivity contribution in [3.05, 3.63) is 0 Å². The number of ether oxygens (including phenoxy) is 3. The van der Waals surface area contributed by atoms with Gasteiger partial charge in [-0.05, 0) is 85.9 Å². The molecule has 5 heteroatoms. The van der Waals surface area contributed by atoms with Crippen molar-refractivity contribution in [1.29, 1.82) is 0 Å². The van der Waals surface area contributed by atoms with Crippen molar-refractivity contribution in [1.82, 2.24) is 0 Å². The molecule has 0 aromatic rings. The van der Waals surface area contributed by atoms with E-state index in [1.54, 1.807) is 0 Å². The highest BCUT2D eigenvalue weighted by molar-refractivity contribution is 5.67. The van der Waals surface area contributed by atoms with Crippen LogP contribution in [-0.2, 0) is 23.8 Å². The van der Waals surface area contributed by atoms with Gasteiger partial charge >= 0.3 is 11.9 Å². The molecule has 0 N–H and O–H groups in total. The van der Waals surface area contributed by atoms with Crippen molar-refractivity contribution in [3.63, 3.8) is 0 Å². The van der Waals surface area contributed by atoms with Gasteiger partial charge in [0.15, 0.2) is 0 Å². The Morgan fingerprint density at radius 2 is 1.64 bits per heavy atom. The predicted molar refractivity (Wildman–Crippen MR) is 139 cm³/mol. The molecular weight excluding hydrogens is 452 g/mol. The van der Waals surface area contributed by atoms with Crippen molar-refractivity contribution in [3.8, 4) is 0 Å². The van der Waals surface area contributed by atoms with Crippen LogP contribution in [0.3, 0.4) is 0 Å². The molecular formula is C31H50O5. The summed E-state index contributed by atoms with van der Waals surface area (Å²) < 4.78 is 18.3. The fourth-order valence-corrected chi connectivity index (χ4v) is 10.4. The molecule has 36 heavy (non-hydrogen) atoms. The topological polar surface area (TPSA) is 65.1 Å². The summed E-state index contributed by atoms with van der Waals surface area (Å²) in [6.07, 6.45) is 11.4. The number of carbonyl (C=O) groups is 2. The second-order valence-electron chi connectivity index (χ2n) is 14.2. The van der Waals surface area contributed by atoms with E-state index in [0.717, 1.165) is 37.0 Å². The van der Waals surface area contributed by atoms with Gasteiger partial charge in [0.2, 0.25) is 0 Å². The van der Waals surface area contributed by atoms with Crippen LogP contribution < -0.4 is 0 Å². The van der Waals surface area contributed by atoms with Crippen LogP contribution in [0.4, 0.5) is 0 Å². The largest absolute Gasteiger partial charge is 0.460 e. The Hall–Kier alpha value is -1.10. The zero-order chi connectivity index (χ0) is 26.0. The van der Waals surface area contributed by atoms with E-state index in [-0.39, 0.29) is 35.7 Å². The molecule has 1 saturated heterocycles. The van der Waals surface area contributed by atoms with Crippen molar-refractivity contribution in [2.75, 3.05) is 0 Å². The minimum absolute atomic E-state index is 0.0420. The van der Waals surface area contributed by atoms with Gasteiger partial charge in [-0.25, -0.2) is 0 Å². The summed E-state index contributed by atoms with van der Waals surface area (Å²) in [6.45, 7) is 15.2. The van der Waals surface area contributed by atoms with Crippen LogP contribution >= 0.6 is 0 Å². The number of rotatable bonds is 7. The molecule has 1 aliphatic heterocycles. The first-order chi connectivity index (χ1) is 16.9. The Kier molecular flexibility index (Phi) is 6.83. The first kappa shape index (κ1) is 26.5. The molecule has 5 aliphatic rings. The first-order valence-corrected chi connectivity index (χ1v) is 15.0. The maximum Gasteiger partial charge on any atom is 0.303 e. The fourth-order valence-electron chi connectivity index (χ4n) is 10.4. The highest BCUT2D eigenvalue weighted by Gasteiger charge is 2.81. The lowest BCUT2D eigenvalue weighted by Crippen LogP contribution is -2.64. The van der Waals surface area contributed by atoms with Crippen molar-refractivity contribution < 1.29 is 23.8 Å². The molecule has 204 valence electrons. The molecule has 0 aromatic heterocycles. The molecule has 1 spiro atoms. The first-order valence-electron chi connectivity index (χ1n) is 15.0. The predicted octanol–water partition coefficient (Wildman–Crippen LogP) is 6.71. The van der Waals surface area contributed by atoms with Gasteiger partial charge in [-0.2, -0.15) is 0 Å². The highest BCUT2D eigenvalue weighted by Crippen LogP contribution is 2.74. The van der Waals surface area contributed by atoms with Gasteiger partial charge in [-0.15, -0.1) is 0 Å². The molecule has 0 aromatic carbocycles. The van der Waals surface area contributed by atoms with Gasteiger partial charge in [0.25, 0.3) is 0 Å². The minimum atomic E-state index is -0.492. The second kappa shape index (κ2) is 9.27. The SMILES string of the molecule is CC(=O)O[C@H]1CC[C@]2(C)[C@@H]3CC[C@@]4(C)[C@@H](CC[C@H]4[C@H](C)CCCC(C)C)[C@H]3C[C@@H](OC(C)=O)[C@]23O[C@H]13. The van der Waals surface area contributed by atoms with Crippen LogP contribution in [0.1, 0.15) is 113 Å². The molecule has 4 aliphatic carbocycles. The van der Waals surface area contributed by atoms with Crippen molar-refractivity contribution in [2.45, 2.75) is 137 Å². The summed E-state index contributed by atoms with van der Waals surface area (Å²) in [5.41, 5.74) is -0.146. The molecule has 0 bridgehead atoms. The number of epoxide rings is 1. The third-order valence-corrected chi connectivity index (χ3v) is 11.9. The van der Waals surface area contributed by atoms with Gasteiger partial charge in [0.05, 0.1) is 0 Å². The lowest BCUT2D eigenvalue weighted by atomic mass is 9.43. The van der Waals surface area contributed by atoms with Gasteiger partial charge in [0.1, 0.15) is 23.9 Å². The average molecular weight is 503 g/mol. The molecule has 5 nitrogen and oxygen atoms in total. The summed E-state index contributed by atoms with van der Waals surface area (Å²) in [6, 6.07) is 0. The Morgan fingerprint density at radius 3 is 2.31 bits per heavy atom. The van der Waals surface area contributed by atoms with E-state index in [4.69, 9.17) is 14.2 Å². The standard InChI is InChI=1S/C31H50O5/c1-18(2)9-8-10-19(3)23-11-12-24-22-17-27(35-21(5)33)31-28(36-31)26(34-20(4)32)14-16-30(31,7)25(22)13-15-29(23,24)6/h18-19,22-28H,8-17H2,1-7H3/t19-,22-,23+,24+,25-,26+,27-,28-,29-,30-,31-/m1/s1. The van der Waals surface area contributed by atoms with Crippen LogP contribution in [0.25, 0.3) is 0 Å². The second-order valence-corrected chi connectivity index (χ2v) is 14.2. The molecule has 0 amide bonds. The van der Waals surface area contributed by atoms with E-state index in [0.29, 0.717) is 23.2 Å². The normalized spacial score (nSPS) is 47.7. The molecule has 5 rings (SSSR count). The van der Waals surface area contributed by atoms with Crippen molar-refractivity contribution in [2.24, 2.45) is 46.3 Å². The summed E-state index contributed by atoms with van der Waals surface area (Å²) in [5, 5.41) is 0. The molecule has 0 radical (unpaired) electrons. The van der Waals surface area contributed by atoms with Gasteiger partial charge in [-0.3, -0.25) is 9.59 Å². The summed E-state index contributed by atoms with van der Waals surface area (Å²) in [7, 11) is 0. The van der Waals surface area contributed by atoms with Crippen LogP contribution in [0.5, 0.6) is 0 Å². The highest BCUT2D eigenvalue weighted by atomic mass is 16.7. The van der Waals surface area contributed by atoms with Gasteiger partial charge in [0, 0.05) is 19.3 Å². The Morgan fingerprint density at radius 1 is 0.917 bits per heavy atom. The number of hydrogen-bond donors (Lipinski definition) is 0. The number of fused-ring (bicyclic) bond motifs is 4.